The zero-order chi connectivity index (χ0) is 20.1. The highest BCUT2D eigenvalue weighted by molar-refractivity contribution is 5.73. The number of aryl methyl sites for hydroxylation is 1. The number of nitrogens with one attached hydrogen (secondary N) is 2. The zero-order valence-corrected chi connectivity index (χ0v) is 15.1. The average molecular weight is 399 g/mol. The minimum absolute atomic E-state index is 0.173. The van der Waals surface area contributed by atoms with E-state index in [2.05, 4.69) is 30.4 Å². The van der Waals surface area contributed by atoms with Gasteiger partial charge in [0, 0.05) is 32.2 Å². The highest BCUT2D eigenvalue weighted by atomic mass is 19.4. The van der Waals surface area contributed by atoms with Crippen LogP contribution in [0.4, 0.5) is 23.7 Å². The highest BCUT2D eigenvalue weighted by Gasteiger charge is 2.31. The van der Waals surface area contributed by atoms with Crippen LogP contribution < -0.4 is 20.3 Å². The number of aromatic nitrogens is 2. The fraction of sp³-hybridized carbons (Fsp3) is 0.471. The third-order valence-electron chi connectivity index (χ3n) is 4.25. The molecule has 1 aromatic carbocycles. The van der Waals surface area contributed by atoms with E-state index in [4.69, 9.17) is 4.52 Å². The zero-order valence-electron chi connectivity index (χ0n) is 15.1. The quantitative estimate of drug-likeness (QED) is 0.776. The van der Waals surface area contributed by atoms with Gasteiger partial charge in [0.25, 0.3) is 0 Å². The molecule has 0 aliphatic carbocycles. The highest BCUT2D eigenvalue weighted by Crippen LogP contribution is 2.28. The molecule has 2 aromatic rings. The van der Waals surface area contributed by atoms with E-state index in [0.29, 0.717) is 24.8 Å². The molecule has 8 nitrogen and oxygen atoms in total. The van der Waals surface area contributed by atoms with Crippen molar-refractivity contribution in [3.05, 3.63) is 36.0 Å². The summed E-state index contributed by atoms with van der Waals surface area (Å²) >= 11 is 0. The molecular weight excluding hydrogens is 379 g/mol. The van der Waals surface area contributed by atoms with Crippen molar-refractivity contribution in [3.8, 4) is 5.75 Å². The van der Waals surface area contributed by atoms with Crippen LogP contribution in [0.25, 0.3) is 0 Å². The van der Waals surface area contributed by atoms with Crippen LogP contribution in [0.1, 0.15) is 18.1 Å². The summed E-state index contributed by atoms with van der Waals surface area (Å²) in [6, 6.07) is 5.45. The van der Waals surface area contributed by atoms with Crippen LogP contribution >= 0.6 is 0 Å². The molecular formula is C17H20F3N5O3. The standard InChI is InChI=1S/C17H20F3N5O3/c1-11-23-15(24-28-11)9-22-16(26)21-8-12-6-7-25(10-12)13-2-4-14(5-3-13)27-17(18,19)20/h2-5,12H,6-10H2,1H3,(H2,21,22,26)/t12-/m0/s1. The fourth-order valence-electron chi connectivity index (χ4n) is 2.96. The van der Waals surface area contributed by atoms with E-state index < -0.39 is 6.36 Å². The Morgan fingerprint density at radius 2 is 2.07 bits per heavy atom. The lowest BCUT2D eigenvalue weighted by atomic mass is 10.1. The second-order valence-corrected chi connectivity index (χ2v) is 6.44. The van der Waals surface area contributed by atoms with Crippen molar-refractivity contribution in [2.24, 2.45) is 5.92 Å². The second-order valence-electron chi connectivity index (χ2n) is 6.44. The summed E-state index contributed by atoms with van der Waals surface area (Å²) in [4.78, 5) is 17.9. The molecule has 28 heavy (non-hydrogen) atoms. The minimum Gasteiger partial charge on any atom is -0.406 e. The molecule has 0 unspecified atom stereocenters. The molecule has 1 atom stereocenters. The summed E-state index contributed by atoms with van der Waals surface area (Å²) < 4.78 is 45.3. The van der Waals surface area contributed by atoms with Crippen LogP contribution in [0.5, 0.6) is 5.75 Å². The van der Waals surface area contributed by atoms with Gasteiger partial charge >= 0.3 is 12.4 Å². The Bertz CT molecular complexity index is 794. The van der Waals surface area contributed by atoms with Crippen LogP contribution in [0.15, 0.2) is 28.8 Å². The SMILES string of the molecule is Cc1nc(CNC(=O)NC[C@@H]2CCN(c3ccc(OC(F)(F)F)cc3)C2)no1. The van der Waals surface area contributed by atoms with Gasteiger partial charge in [-0.3, -0.25) is 0 Å². The van der Waals surface area contributed by atoms with Gasteiger partial charge in [0.1, 0.15) is 5.75 Å². The largest absolute Gasteiger partial charge is 0.573 e. The molecule has 11 heteroatoms. The number of benzene rings is 1. The number of halogens is 3. The fourth-order valence-corrected chi connectivity index (χ4v) is 2.96. The molecule has 1 saturated heterocycles. The van der Waals surface area contributed by atoms with Crippen LogP contribution in [0.3, 0.4) is 0 Å². The lowest BCUT2D eigenvalue weighted by Gasteiger charge is -2.19. The molecule has 152 valence electrons. The van der Waals surface area contributed by atoms with Crippen molar-refractivity contribution in [2.75, 3.05) is 24.5 Å². The summed E-state index contributed by atoms with van der Waals surface area (Å²) in [5.74, 6) is 0.824. The van der Waals surface area contributed by atoms with Gasteiger partial charge in [0.05, 0.1) is 6.54 Å². The molecule has 1 aliphatic heterocycles. The maximum Gasteiger partial charge on any atom is 0.573 e. The van der Waals surface area contributed by atoms with E-state index in [1.807, 2.05) is 0 Å². The molecule has 2 heterocycles. The number of ether oxygens (including phenoxy) is 1. The number of nitrogens with zero attached hydrogens (tertiary/aromatic N) is 3. The van der Waals surface area contributed by atoms with E-state index in [9.17, 15) is 18.0 Å². The summed E-state index contributed by atoms with van der Waals surface area (Å²) in [6.45, 7) is 3.79. The van der Waals surface area contributed by atoms with E-state index in [1.165, 1.54) is 12.1 Å². The number of rotatable bonds is 6. The third kappa shape index (κ3) is 5.76. The molecule has 0 radical (unpaired) electrons. The first-order chi connectivity index (χ1) is 13.3. The molecule has 1 aliphatic rings. The number of amides is 2. The summed E-state index contributed by atoms with van der Waals surface area (Å²) in [5, 5.41) is 9.14. The van der Waals surface area contributed by atoms with Crippen LogP contribution in [0.2, 0.25) is 0 Å². The first kappa shape index (κ1) is 19.8. The molecule has 0 saturated carbocycles. The first-order valence-electron chi connectivity index (χ1n) is 8.70. The van der Waals surface area contributed by atoms with Gasteiger partial charge in [0.2, 0.25) is 5.89 Å². The summed E-state index contributed by atoms with van der Waals surface area (Å²) in [5.41, 5.74) is 0.814. The Labute approximate surface area is 159 Å². The van der Waals surface area contributed by atoms with Gasteiger partial charge in [-0.05, 0) is 36.6 Å². The van der Waals surface area contributed by atoms with Crippen molar-refractivity contribution in [2.45, 2.75) is 26.3 Å². The van der Waals surface area contributed by atoms with Crippen LogP contribution in [-0.2, 0) is 6.54 Å². The lowest BCUT2D eigenvalue weighted by Crippen LogP contribution is -2.38. The van der Waals surface area contributed by atoms with Crippen molar-refractivity contribution >= 4 is 11.7 Å². The monoisotopic (exact) mass is 399 g/mol. The van der Waals surface area contributed by atoms with Gasteiger partial charge in [-0.25, -0.2) is 4.79 Å². The maximum absolute atomic E-state index is 12.2. The summed E-state index contributed by atoms with van der Waals surface area (Å²) in [7, 11) is 0. The van der Waals surface area contributed by atoms with Gasteiger partial charge in [-0.15, -0.1) is 13.2 Å². The van der Waals surface area contributed by atoms with Crippen LogP contribution in [-0.4, -0.2) is 42.2 Å². The molecule has 2 amide bonds. The van der Waals surface area contributed by atoms with E-state index in [-0.39, 0.29) is 24.2 Å². The normalized spacial score (nSPS) is 16.9. The van der Waals surface area contributed by atoms with Crippen molar-refractivity contribution in [3.63, 3.8) is 0 Å². The summed E-state index contributed by atoms with van der Waals surface area (Å²) in [6.07, 6.45) is -3.83. The Balaban J connectivity index is 1.40. The Morgan fingerprint density at radius 3 is 2.71 bits per heavy atom. The number of carbonyl (C=O) groups excluding carboxylic acids is 1. The average Bonchev–Trinajstić information content (AvgIpc) is 3.26. The number of hydrogen-bond acceptors (Lipinski definition) is 6. The predicted octanol–water partition coefficient (Wildman–Crippen LogP) is 2.60. The first-order valence-corrected chi connectivity index (χ1v) is 8.70. The van der Waals surface area contributed by atoms with Gasteiger partial charge in [0.15, 0.2) is 5.82 Å². The van der Waals surface area contributed by atoms with Gasteiger partial charge < -0.3 is 24.8 Å². The number of hydrogen-bond donors (Lipinski definition) is 2. The predicted molar refractivity (Wildman–Crippen MR) is 92.7 cm³/mol. The molecule has 1 aromatic heterocycles. The van der Waals surface area contributed by atoms with Crippen molar-refractivity contribution < 1.29 is 27.2 Å². The van der Waals surface area contributed by atoms with Gasteiger partial charge in [-0.1, -0.05) is 5.16 Å². The third-order valence-corrected chi connectivity index (χ3v) is 4.25. The van der Waals surface area contributed by atoms with E-state index in [0.717, 1.165) is 18.7 Å². The second kappa shape index (κ2) is 8.36. The van der Waals surface area contributed by atoms with E-state index >= 15 is 0 Å². The van der Waals surface area contributed by atoms with Crippen molar-refractivity contribution in [1.29, 1.82) is 0 Å². The number of urea groups is 1. The maximum atomic E-state index is 12.2. The topological polar surface area (TPSA) is 92.5 Å². The number of carbonyl (C=O) groups is 1. The molecule has 1 fully saturated rings. The van der Waals surface area contributed by atoms with Crippen LogP contribution in [0, 0.1) is 12.8 Å². The molecule has 0 bridgehead atoms. The Hall–Kier alpha value is -2.98. The lowest BCUT2D eigenvalue weighted by molar-refractivity contribution is -0.274. The molecule has 3 rings (SSSR count). The van der Waals surface area contributed by atoms with Gasteiger partial charge in [-0.2, -0.15) is 4.98 Å². The van der Waals surface area contributed by atoms with Crippen molar-refractivity contribution in [1.82, 2.24) is 20.8 Å². The minimum atomic E-state index is -4.70. The Kier molecular flexibility index (Phi) is 5.90. The smallest absolute Gasteiger partial charge is 0.406 e. The number of alkyl halides is 3. The Morgan fingerprint density at radius 1 is 1.32 bits per heavy atom. The van der Waals surface area contributed by atoms with E-state index in [1.54, 1.807) is 19.1 Å². The number of anilines is 1. The molecule has 2 N–H and O–H groups in total. The molecule has 0 spiro atoms.